The largest absolute Gasteiger partial charge is 0.480 e. The second-order valence-electron chi connectivity index (χ2n) is 3.99. The lowest BCUT2D eigenvalue weighted by molar-refractivity contribution is -0.137. The van der Waals surface area contributed by atoms with Crippen LogP contribution in [0, 0.1) is 0 Å². The predicted octanol–water partition coefficient (Wildman–Crippen LogP) is 1.86. The number of carboxylic acids is 1. The fraction of sp³-hybridized carbons (Fsp3) is 0.385. The zero-order valence-electron chi connectivity index (χ0n) is 10.6. The Hall–Kier alpha value is -2.04. The van der Waals surface area contributed by atoms with Crippen LogP contribution < -0.4 is 5.32 Å². The maximum atomic E-state index is 11.8. The topological polar surface area (TPSA) is 69.6 Å². The van der Waals surface area contributed by atoms with Crippen molar-refractivity contribution in [3.05, 3.63) is 35.9 Å². The summed E-state index contributed by atoms with van der Waals surface area (Å²) >= 11 is 0. The molecule has 5 nitrogen and oxygen atoms in total. The van der Waals surface area contributed by atoms with Gasteiger partial charge in [-0.1, -0.05) is 30.3 Å². The summed E-state index contributed by atoms with van der Waals surface area (Å²) in [5, 5.41) is 11.5. The van der Waals surface area contributed by atoms with Crippen LogP contribution in [0.4, 0.5) is 4.79 Å². The van der Waals surface area contributed by atoms with E-state index in [1.165, 1.54) is 4.90 Å². The number of hydrogen-bond donors (Lipinski definition) is 2. The molecule has 98 valence electrons. The van der Waals surface area contributed by atoms with Crippen molar-refractivity contribution in [3.63, 3.8) is 0 Å². The smallest absolute Gasteiger partial charge is 0.323 e. The number of urea groups is 1. The van der Waals surface area contributed by atoms with E-state index in [0.717, 1.165) is 5.56 Å². The van der Waals surface area contributed by atoms with Gasteiger partial charge in [-0.25, -0.2) is 4.79 Å². The van der Waals surface area contributed by atoms with Crippen LogP contribution in [0.15, 0.2) is 30.3 Å². The Kier molecular flexibility index (Phi) is 5.17. The molecule has 0 heterocycles. The summed E-state index contributed by atoms with van der Waals surface area (Å²) in [5.74, 6) is -1.01. The van der Waals surface area contributed by atoms with E-state index in [1.807, 2.05) is 37.3 Å². The van der Waals surface area contributed by atoms with Gasteiger partial charge in [-0.2, -0.15) is 0 Å². The van der Waals surface area contributed by atoms with Crippen molar-refractivity contribution in [3.8, 4) is 0 Å². The van der Waals surface area contributed by atoms with E-state index in [0.29, 0.717) is 6.54 Å². The Labute approximate surface area is 106 Å². The molecule has 2 amide bonds. The number of carbonyl (C=O) groups excluding carboxylic acids is 1. The minimum atomic E-state index is -1.01. The molecule has 0 aliphatic carbocycles. The summed E-state index contributed by atoms with van der Waals surface area (Å²) in [5.41, 5.74) is 0.984. The highest BCUT2D eigenvalue weighted by atomic mass is 16.4. The van der Waals surface area contributed by atoms with Gasteiger partial charge in [-0.15, -0.1) is 0 Å². The summed E-state index contributed by atoms with van der Waals surface area (Å²) in [4.78, 5) is 23.7. The third-order valence-electron chi connectivity index (χ3n) is 2.63. The third-order valence-corrected chi connectivity index (χ3v) is 2.63. The molecule has 0 radical (unpaired) electrons. The Balaban J connectivity index is 2.60. The number of rotatable bonds is 5. The maximum absolute atomic E-state index is 11.8. The molecule has 0 saturated carbocycles. The molecule has 0 spiro atoms. The summed E-state index contributed by atoms with van der Waals surface area (Å²) < 4.78 is 0. The Morgan fingerprint density at radius 1 is 1.33 bits per heavy atom. The molecule has 0 aromatic heterocycles. The molecule has 0 aliphatic heterocycles. The van der Waals surface area contributed by atoms with Gasteiger partial charge in [0.05, 0.1) is 6.04 Å². The van der Waals surface area contributed by atoms with Crippen molar-refractivity contribution in [1.29, 1.82) is 0 Å². The number of carbonyl (C=O) groups is 2. The monoisotopic (exact) mass is 250 g/mol. The Morgan fingerprint density at radius 2 is 1.94 bits per heavy atom. The first-order valence-corrected chi connectivity index (χ1v) is 5.86. The molecule has 0 aliphatic rings. The van der Waals surface area contributed by atoms with Crippen LogP contribution in [0.5, 0.6) is 0 Å². The van der Waals surface area contributed by atoms with Crippen LogP contribution in [0.3, 0.4) is 0 Å². The van der Waals surface area contributed by atoms with Crippen LogP contribution in [-0.4, -0.2) is 35.1 Å². The molecule has 1 aromatic rings. The van der Waals surface area contributed by atoms with Crippen LogP contribution in [-0.2, 0) is 4.79 Å². The average Bonchev–Trinajstić information content (AvgIpc) is 2.36. The van der Waals surface area contributed by atoms with Gasteiger partial charge >= 0.3 is 12.0 Å². The zero-order valence-corrected chi connectivity index (χ0v) is 10.6. The van der Waals surface area contributed by atoms with Gasteiger partial charge in [0.1, 0.15) is 6.54 Å². The van der Waals surface area contributed by atoms with Gasteiger partial charge in [0.25, 0.3) is 0 Å². The standard InChI is InChI=1S/C13H18N2O3/c1-3-15(9-12(16)17)13(18)14-10(2)11-7-5-4-6-8-11/h4-8,10H,3,9H2,1-2H3,(H,14,18)(H,16,17). The van der Waals surface area contributed by atoms with E-state index in [9.17, 15) is 9.59 Å². The molecule has 0 saturated heterocycles. The lowest BCUT2D eigenvalue weighted by atomic mass is 10.1. The SMILES string of the molecule is CCN(CC(=O)O)C(=O)NC(C)c1ccccc1. The molecule has 1 aromatic carbocycles. The second-order valence-corrected chi connectivity index (χ2v) is 3.99. The van der Waals surface area contributed by atoms with Crippen molar-refractivity contribution in [2.75, 3.05) is 13.1 Å². The predicted molar refractivity (Wildman–Crippen MR) is 68.3 cm³/mol. The highest BCUT2D eigenvalue weighted by Crippen LogP contribution is 2.11. The second kappa shape index (κ2) is 6.64. The lowest BCUT2D eigenvalue weighted by Gasteiger charge is -2.22. The maximum Gasteiger partial charge on any atom is 0.323 e. The summed E-state index contributed by atoms with van der Waals surface area (Å²) in [6, 6.07) is 9.01. The molecule has 5 heteroatoms. The van der Waals surface area contributed by atoms with E-state index < -0.39 is 5.97 Å². The quantitative estimate of drug-likeness (QED) is 0.838. The number of carboxylic acid groups (broad SMARTS) is 1. The number of amides is 2. The highest BCUT2D eigenvalue weighted by Gasteiger charge is 2.17. The third kappa shape index (κ3) is 4.08. The number of nitrogens with one attached hydrogen (secondary N) is 1. The van der Waals surface area contributed by atoms with Crippen LogP contribution in [0.1, 0.15) is 25.5 Å². The van der Waals surface area contributed by atoms with E-state index in [1.54, 1.807) is 6.92 Å². The molecule has 18 heavy (non-hydrogen) atoms. The first kappa shape index (κ1) is 14.0. The van der Waals surface area contributed by atoms with Gasteiger partial charge in [-0.05, 0) is 19.4 Å². The molecule has 0 bridgehead atoms. The fourth-order valence-corrected chi connectivity index (χ4v) is 1.59. The number of likely N-dealkylation sites (N-methyl/N-ethyl adjacent to an activating group) is 1. The first-order chi connectivity index (χ1) is 8.54. The molecule has 0 fully saturated rings. The molecular weight excluding hydrogens is 232 g/mol. The van der Waals surface area contributed by atoms with Crippen LogP contribution in [0.2, 0.25) is 0 Å². The van der Waals surface area contributed by atoms with Gasteiger partial charge in [0, 0.05) is 6.54 Å². The minimum Gasteiger partial charge on any atom is -0.480 e. The van der Waals surface area contributed by atoms with Gasteiger partial charge in [0.15, 0.2) is 0 Å². The minimum absolute atomic E-state index is 0.151. The fourth-order valence-electron chi connectivity index (χ4n) is 1.59. The number of nitrogens with zero attached hydrogens (tertiary/aromatic N) is 1. The van der Waals surface area contributed by atoms with Crippen LogP contribution in [0.25, 0.3) is 0 Å². The number of hydrogen-bond acceptors (Lipinski definition) is 2. The average molecular weight is 250 g/mol. The summed E-state index contributed by atoms with van der Waals surface area (Å²) in [7, 11) is 0. The van der Waals surface area contributed by atoms with Gasteiger partial charge < -0.3 is 15.3 Å². The number of benzene rings is 1. The van der Waals surface area contributed by atoms with Gasteiger partial charge in [-0.3, -0.25) is 4.79 Å². The lowest BCUT2D eigenvalue weighted by Crippen LogP contribution is -2.43. The zero-order chi connectivity index (χ0) is 13.5. The summed E-state index contributed by atoms with van der Waals surface area (Å²) in [6.45, 7) is 3.68. The Bertz CT molecular complexity index is 406. The van der Waals surface area contributed by atoms with Crippen molar-refractivity contribution in [2.45, 2.75) is 19.9 Å². The first-order valence-electron chi connectivity index (χ1n) is 5.86. The van der Waals surface area contributed by atoms with Gasteiger partial charge in [0.2, 0.25) is 0 Å². The number of aliphatic carboxylic acids is 1. The normalized spacial score (nSPS) is 11.7. The van der Waals surface area contributed by atoms with Crippen molar-refractivity contribution < 1.29 is 14.7 Å². The van der Waals surface area contributed by atoms with Crippen molar-refractivity contribution in [2.24, 2.45) is 0 Å². The molecule has 1 atom stereocenters. The molecule has 1 rings (SSSR count). The highest BCUT2D eigenvalue weighted by molar-refractivity contribution is 5.80. The van der Waals surface area contributed by atoms with Crippen LogP contribution >= 0.6 is 0 Å². The molecular formula is C13H18N2O3. The van der Waals surface area contributed by atoms with E-state index >= 15 is 0 Å². The molecule has 2 N–H and O–H groups in total. The van der Waals surface area contributed by atoms with E-state index in [2.05, 4.69) is 5.32 Å². The Morgan fingerprint density at radius 3 is 2.44 bits per heavy atom. The van der Waals surface area contributed by atoms with Crippen molar-refractivity contribution >= 4 is 12.0 Å². The van der Waals surface area contributed by atoms with Crippen molar-refractivity contribution in [1.82, 2.24) is 10.2 Å². The van der Waals surface area contributed by atoms with E-state index in [4.69, 9.17) is 5.11 Å². The molecule has 1 unspecified atom stereocenters. The van der Waals surface area contributed by atoms with E-state index in [-0.39, 0.29) is 18.6 Å². The summed E-state index contributed by atoms with van der Waals surface area (Å²) in [6.07, 6.45) is 0.